The van der Waals surface area contributed by atoms with Crippen LogP contribution in [0.3, 0.4) is 0 Å². The quantitative estimate of drug-likeness (QED) is 0.425. The highest BCUT2D eigenvalue weighted by atomic mass is 32.1. The van der Waals surface area contributed by atoms with Gasteiger partial charge in [0.1, 0.15) is 5.82 Å². The van der Waals surface area contributed by atoms with Crippen molar-refractivity contribution < 1.29 is 22.8 Å². The van der Waals surface area contributed by atoms with Crippen LogP contribution in [0.1, 0.15) is 39.8 Å². The number of urea groups is 1. The lowest BCUT2D eigenvalue weighted by Gasteiger charge is -2.20. The van der Waals surface area contributed by atoms with Gasteiger partial charge in [0.05, 0.1) is 17.1 Å². The molecule has 172 valence electrons. The van der Waals surface area contributed by atoms with Crippen LogP contribution in [0, 0.1) is 24.4 Å². The minimum absolute atomic E-state index is 0.0840. The Morgan fingerprint density at radius 2 is 1.79 bits per heavy atom. The van der Waals surface area contributed by atoms with Crippen LogP contribution in [0.2, 0.25) is 0 Å². The van der Waals surface area contributed by atoms with Gasteiger partial charge in [-0.3, -0.25) is 9.69 Å². The molecule has 3 aromatic rings. The van der Waals surface area contributed by atoms with Crippen LogP contribution in [-0.4, -0.2) is 34.3 Å². The molecule has 1 aliphatic heterocycles. The summed E-state index contributed by atoms with van der Waals surface area (Å²) in [6.07, 6.45) is 0.391. The van der Waals surface area contributed by atoms with Gasteiger partial charge in [-0.1, -0.05) is 29.5 Å². The maximum absolute atomic E-state index is 13.4. The minimum atomic E-state index is -0.942. The van der Waals surface area contributed by atoms with Gasteiger partial charge in [0.15, 0.2) is 22.5 Å². The molecular formula is C24H22F3N3O2S. The van der Waals surface area contributed by atoms with E-state index in [1.165, 1.54) is 18.2 Å². The highest BCUT2D eigenvalue weighted by molar-refractivity contribution is 7.17. The van der Waals surface area contributed by atoms with Gasteiger partial charge in [-0.2, -0.15) is 0 Å². The lowest BCUT2D eigenvalue weighted by molar-refractivity contribution is 0.0986. The predicted octanol–water partition coefficient (Wildman–Crippen LogP) is 5.52. The molecule has 5 nitrogen and oxygen atoms in total. The third-order valence-corrected chi connectivity index (χ3v) is 6.84. The number of aryl methyl sites for hydroxylation is 2. The number of rotatable bonds is 7. The molecule has 2 heterocycles. The zero-order valence-electron chi connectivity index (χ0n) is 18.1. The highest BCUT2D eigenvalue weighted by Gasteiger charge is 2.37. The number of nitrogens with zero attached hydrogens (tertiary/aromatic N) is 3. The maximum Gasteiger partial charge on any atom is 0.326 e. The van der Waals surface area contributed by atoms with Crippen LogP contribution in [0.5, 0.6) is 0 Å². The Labute approximate surface area is 193 Å². The van der Waals surface area contributed by atoms with Crippen LogP contribution >= 0.6 is 11.3 Å². The number of thiazole rings is 1. The Bertz CT molecular complexity index is 1200. The van der Waals surface area contributed by atoms with E-state index in [-0.39, 0.29) is 36.5 Å². The van der Waals surface area contributed by atoms with E-state index in [9.17, 15) is 22.8 Å². The van der Waals surface area contributed by atoms with Crippen LogP contribution in [0.4, 0.5) is 23.1 Å². The van der Waals surface area contributed by atoms with E-state index < -0.39 is 11.6 Å². The summed E-state index contributed by atoms with van der Waals surface area (Å²) in [5.41, 5.74) is 1.88. The normalized spacial score (nSPS) is 16.0. The standard InChI is InChI=1S/C24H22F3N3O2S/c1-14-12-30(24(32)29(14)13-17-3-7-18(25)8-4-17)23-28-15(2)22(33-23)21(31)10-6-16-5-9-19(26)20(27)11-16/h3-5,7-9,11,14H,6,10,12-13H2,1-2H3/t14-/m0/s1. The number of carbonyl (C=O) groups is 2. The first-order valence-corrected chi connectivity index (χ1v) is 11.3. The van der Waals surface area contributed by atoms with Crippen LogP contribution in [0.15, 0.2) is 42.5 Å². The third-order valence-electron chi connectivity index (χ3n) is 5.62. The number of carbonyl (C=O) groups excluding carboxylic acids is 2. The molecule has 1 saturated heterocycles. The Balaban J connectivity index is 1.44. The minimum Gasteiger partial charge on any atom is -0.315 e. The molecule has 0 unspecified atom stereocenters. The molecule has 0 spiro atoms. The van der Waals surface area contributed by atoms with Crippen LogP contribution < -0.4 is 4.90 Å². The summed E-state index contributed by atoms with van der Waals surface area (Å²) in [6, 6.07) is 9.31. The highest BCUT2D eigenvalue weighted by Crippen LogP contribution is 2.32. The van der Waals surface area contributed by atoms with Gasteiger partial charge in [0, 0.05) is 19.0 Å². The summed E-state index contributed by atoms with van der Waals surface area (Å²) in [6.45, 7) is 4.41. The number of amides is 2. The average Bonchev–Trinajstić information content (AvgIpc) is 3.30. The van der Waals surface area contributed by atoms with Gasteiger partial charge in [0.2, 0.25) is 0 Å². The predicted molar refractivity (Wildman–Crippen MR) is 120 cm³/mol. The van der Waals surface area contributed by atoms with E-state index in [0.29, 0.717) is 34.4 Å². The van der Waals surface area contributed by atoms with Crippen molar-refractivity contribution in [3.8, 4) is 0 Å². The van der Waals surface area contributed by atoms with Crippen molar-refractivity contribution in [2.24, 2.45) is 0 Å². The monoisotopic (exact) mass is 473 g/mol. The Morgan fingerprint density at radius 3 is 2.48 bits per heavy atom. The number of aromatic nitrogens is 1. The number of benzene rings is 2. The lowest BCUT2D eigenvalue weighted by Crippen LogP contribution is -2.33. The molecule has 4 rings (SSSR count). The molecule has 0 aliphatic carbocycles. The number of hydrogen-bond donors (Lipinski definition) is 0. The summed E-state index contributed by atoms with van der Waals surface area (Å²) in [5, 5.41) is 0.446. The van der Waals surface area contributed by atoms with Crippen molar-refractivity contribution in [2.45, 2.75) is 39.3 Å². The van der Waals surface area contributed by atoms with Crippen LogP contribution in [0.25, 0.3) is 0 Å². The van der Waals surface area contributed by atoms with E-state index in [4.69, 9.17) is 0 Å². The Hall–Kier alpha value is -3.20. The zero-order chi connectivity index (χ0) is 23.7. The fourth-order valence-corrected chi connectivity index (χ4v) is 4.81. The number of halogens is 3. The molecule has 0 saturated carbocycles. The van der Waals surface area contributed by atoms with Gasteiger partial charge < -0.3 is 4.90 Å². The molecule has 33 heavy (non-hydrogen) atoms. The first-order valence-electron chi connectivity index (χ1n) is 10.5. The second-order valence-corrected chi connectivity index (χ2v) is 9.06. The third kappa shape index (κ3) is 4.93. The molecule has 1 aliphatic rings. The van der Waals surface area contributed by atoms with Gasteiger partial charge in [-0.15, -0.1) is 0 Å². The molecule has 9 heteroatoms. The maximum atomic E-state index is 13.4. The molecule has 1 fully saturated rings. The van der Waals surface area contributed by atoms with Crippen molar-refractivity contribution in [2.75, 3.05) is 11.4 Å². The Kier molecular flexibility index (Phi) is 6.51. The van der Waals surface area contributed by atoms with Crippen molar-refractivity contribution in [3.05, 3.63) is 81.6 Å². The first-order chi connectivity index (χ1) is 15.7. The molecular weight excluding hydrogens is 451 g/mol. The largest absolute Gasteiger partial charge is 0.326 e. The molecule has 1 atom stereocenters. The summed E-state index contributed by atoms with van der Waals surface area (Å²) in [7, 11) is 0. The van der Waals surface area contributed by atoms with E-state index in [1.807, 2.05) is 6.92 Å². The van der Waals surface area contributed by atoms with Crippen molar-refractivity contribution in [1.29, 1.82) is 0 Å². The van der Waals surface area contributed by atoms with Crippen molar-refractivity contribution >= 4 is 28.3 Å². The first kappa shape index (κ1) is 23.0. The lowest BCUT2D eigenvalue weighted by atomic mass is 10.1. The van der Waals surface area contributed by atoms with Gasteiger partial charge in [-0.05, 0) is 55.7 Å². The number of hydrogen-bond acceptors (Lipinski definition) is 4. The zero-order valence-corrected chi connectivity index (χ0v) is 19.0. The molecule has 0 bridgehead atoms. The van der Waals surface area contributed by atoms with Crippen molar-refractivity contribution in [1.82, 2.24) is 9.88 Å². The molecule has 0 radical (unpaired) electrons. The molecule has 2 aromatic carbocycles. The Morgan fingerprint density at radius 1 is 1.09 bits per heavy atom. The number of Topliss-reactive ketones (excluding diaryl/α,β-unsaturated/α-hetero) is 1. The molecule has 2 amide bonds. The van der Waals surface area contributed by atoms with E-state index in [0.717, 1.165) is 29.0 Å². The smallest absolute Gasteiger partial charge is 0.315 e. The summed E-state index contributed by atoms with van der Waals surface area (Å²) >= 11 is 1.16. The van der Waals surface area contributed by atoms with Crippen LogP contribution in [-0.2, 0) is 13.0 Å². The average molecular weight is 474 g/mol. The fraction of sp³-hybridized carbons (Fsp3) is 0.292. The van der Waals surface area contributed by atoms with Gasteiger partial charge in [0.25, 0.3) is 0 Å². The van der Waals surface area contributed by atoms with Gasteiger partial charge >= 0.3 is 6.03 Å². The molecule has 0 N–H and O–H groups in total. The van der Waals surface area contributed by atoms with Crippen molar-refractivity contribution in [3.63, 3.8) is 0 Å². The molecule has 1 aromatic heterocycles. The second kappa shape index (κ2) is 9.35. The fourth-order valence-electron chi connectivity index (χ4n) is 3.78. The van der Waals surface area contributed by atoms with E-state index >= 15 is 0 Å². The summed E-state index contributed by atoms with van der Waals surface area (Å²) < 4.78 is 39.7. The number of ketones is 1. The van der Waals surface area contributed by atoms with E-state index in [1.54, 1.807) is 28.9 Å². The topological polar surface area (TPSA) is 53.5 Å². The SMILES string of the molecule is Cc1nc(N2C[C@H](C)N(Cc3ccc(F)cc3)C2=O)sc1C(=O)CCc1ccc(F)c(F)c1. The number of anilines is 1. The second-order valence-electron chi connectivity index (χ2n) is 8.08. The summed E-state index contributed by atoms with van der Waals surface area (Å²) in [4.78, 5) is 33.9. The van der Waals surface area contributed by atoms with E-state index in [2.05, 4.69) is 4.98 Å². The summed E-state index contributed by atoms with van der Waals surface area (Å²) in [5.74, 6) is -2.36. The van der Waals surface area contributed by atoms with Gasteiger partial charge in [-0.25, -0.2) is 22.9 Å².